The van der Waals surface area contributed by atoms with Gasteiger partial charge in [-0.2, -0.15) is 0 Å². The average Bonchev–Trinajstić information content (AvgIpc) is 3.30. The van der Waals surface area contributed by atoms with Crippen molar-refractivity contribution < 1.29 is 23.8 Å². The second kappa shape index (κ2) is 54.7. The molecule has 0 amide bonds. The Labute approximate surface area is 397 Å². The highest BCUT2D eigenvalue weighted by atomic mass is 16.6. The lowest BCUT2D eigenvalue weighted by atomic mass is 10.0. The van der Waals surface area contributed by atoms with Gasteiger partial charge in [0.1, 0.15) is 6.61 Å². The minimum absolute atomic E-state index is 0.0652. The van der Waals surface area contributed by atoms with Crippen LogP contribution in [-0.4, -0.2) is 37.9 Å². The number of unbranched alkanes of at least 4 members (excludes halogenated alkanes) is 27. The summed E-state index contributed by atoms with van der Waals surface area (Å²) in [6, 6.07) is 0. The van der Waals surface area contributed by atoms with Crippen molar-refractivity contribution in [3.8, 4) is 0 Å². The molecule has 1 unspecified atom stereocenters. The summed E-state index contributed by atoms with van der Waals surface area (Å²) in [4.78, 5) is 25.4. The number of hydrogen-bond acceptors (Lipinski definition) is 5. The summed E-state index contributed by atoms with van der Waals surface area (Å²) in [5, 5.41) is 0. The largest absolute Gasteiger partial charge is 0.462 e. The average molecular weight is 893 g/mol. The molecule has 0 saturated carbocycles. The van der Waals surface area contributed by atoms with Gasteiger partial charge in [-0.1, -0.05) is 235 Å². The first-order chi connectivity index (χ1) is 31.6. The van der Waals surface area contributed by atoms with Gasteiger partial charge in [0.25, 0.3) is 0 Å². The molecule has 0 aliphatic rings. The lowest BCUT2D eigenvalue weighted by Gasteiger charge is -2.18. The number of hydrogen-bond donors (Lipinski definition) is 0. The standard InChI is InChI=1S/C59H104O5/c1-4-7-10-13-16-19-22-25-28-29-30-31-33-34-37-40-43-46-49-52-58(60)63-56-57(55-62-54-51-48-45-42-39-36-27-24-21-18-15-12-9-6-3)64-59(61)53-50-47-44-41-38-35-32-26-23-20-17-14-11-8-5-2/h7,10,16,19,25-26,28,30-32,34,37,57H,4-6,8-9,11-15,17-18,20-24,27,29,33,35-36,38-56H2,1-3H3/b10-7-,19-16-,28-25-,31-30-,32-26-,37-34-. The molecule has 0 spiro atoms. The van der Waals surface area contributed by atoms with Crippen LogP contribution in [0.5, 0.6) is 0 Å². The maximum atomic E-state index is 12.8. The van der Waals surface area contributed by atoms with Crippen molar-refractivity contribution in [3.05, 3.63) is 72.9 Å². The molecule has 0 aliphatic carbocycles. The van der Waals surface area contributed by atoms with E-state index in [9.17, 15) is 9.59 Å². The third-order valence-electron chi connectivity index (χ3n) is 11.7. The molecule has 5 nitrogen and oxygen atoms in total. The van der Waals surface area contributed by atoms with E-state index in [1.807, 2.05) is 0 Å². The Morgan fingerprint density at radius 1 is 0.359 bits per heavy atom. The van der Waals surface area contributed by atoms with E-state index in [4.69, 9.17) is 14.2 Å². The first kappa shape index (κ1) is 61.3. The predicted octanol–water partition coefficient (Wildman–Crippen LogP) is 18.7. The van der Waals surface area contributed by atoms with Crippen molar-refractivity contribution in [3.63, 3.8) is 0 Å². The van der Waals surface area contributed by atoms with Gasteiger partial charge in [0.15, 0.2) is 6.10 Å². The summed E-state index contributed by atoms with van der Waals surface area (Å²) < 4.78 is 17.4. The molecule has 1 atom stereocenters. The molecule has 0 fully saturated rings. The van der Waals surface area contributed by atoms with Gasteiger partial charge >= 0.3 is 11.9 Å². The molecule has 0 heterocycles. The first-order valence-corrected chi connectivity index (χ1v) is 27.5. The fourth-order valence-electron chi connectivity index (χ4n) is 7.65. The minimum Gasteiger partial charge on any atom is -0.462 e. The maximum Gasteiger partial charge on any atom is 0.306 e. The van der Waals surface area contributed by atoms with Gasteiger partial charge in [0.05, 0.1) is 6.61 Å². The highest BCUT2D eigenvalue weighted by Gasteiger charge is 2.17. The number of allylic oxidation sites excluding steroid dienone is 12. The van der Waals surface area contributed by atoms with Crippen molar-refractivity contribution in [2.45, 2.75) is 271 Å². The van der Waals surface area contributed by atoms with Crippen molar-refractivity contribution >= 4 is 11.9 Å². The van der Waals surface area contributed by atoms with E-state index in [-0.39, 0.29) is 25.2 Å². The Kier molecular flexibility index (Phi) is 52.4. The second-order valence-corrected chi connectivity index (χ2v) is 18.1. The van der Waals surface area contributed by atoms with Crippen LogP contribution >= 0.6 is 0 Å². The molecule has 0 radical (unpaired) electrons. The van der Waals surface area contributed by atoms with Crippen LogP contribution in [0.2, 0.25) is 0 Å². The van der Waals surface area contributed by atoms with Crippen LogP contribution in [0.1, 0.15) is 265 Å². The highest BCUT2D eigenvalue weighted by Crippen LogP contribution is 2.15. The molecule has 0 aromatic carbocycles. The number of ether oxygens (including phenoxy) is 3. The Balaban J connectivity index is 4.33. The number of rotatable bonds is 50. The van der Waals surface area contributed by atoms with Gasteiger partial charge in [-0.15, -0.1) is 0 Å². The summed E-state index contributed by atoms with van der Waals surface area (Å²) in [6.45, 7) is 7.70. The van der Waals surface area contributed by atoms with E-state index in [0.717, 1.165) is 96.3 Å². The summed E-state index contributed by atoms with van der Waals surface area (Å²) in [7, 11) is 0. The first-order valence-electron chi connectivity index (χ1n) is 27.5. The van der Waals surface area contributed by atoms with E-state index in [2.05, 4.69) is 93.7 Å². The summed E-state index contributed by atoms with van der Waals surface area (Å²) in [6.07, 6.45) is 70.5. The summed E-state index contributed by atoms with van der Waals surface area (Å²) >= 11 is 0. The monoisotopic (exact) mass is 893 g/mol. The zero-order valence-electron chi connectivity index (χ0n) is 42.5. The smallest absolute Gasteiger partial charge is 0.306 e. The second-order valence-electron chi connectivity index (χ2n) is 18.1. The molecule has 370 valence electrons. The van der Waals surface area contributed by atoms with E-state index in [0.29, 0.717) is 19.4 Å². The number of carbonyl (C=O) groups is 2. The van der Waals surface area contributed by atoms with Gasteiger partial charge in [-0.25, -0.2) is 0 Å². The van der Waals surface area contributed by atoms with Crippen LogP contribution in [0.4, 0.5) is 0 Å². The van der Waals surface area contributed by atoms with E-state index >= 15 is 0 Å². The van der Waals surface area contributed by atoms with E-state index < -0.39 is 6.10 Å². The fourth-order valence-corrected chi connectivity index (χ4v) is 7.65. The van der Waals surface area contributed by atoms with Crippen molar-refractivity contribution in [2.75, 3.05) is 19.8 Å². The van der Waals surface area contributed by atoms with Gasteiger partial charge in [-0.05, 0) is 89.9 Å². The molecule has 0 aromatic heterocycles. The van der Waals surface area contributed by atoms with E-state index in [1.165, 1.54) is 135 Å². The molecule has 64 heavy (non-hydrogen) atoms. The lowest BCUT2D eigenvalue weighted by molar-refractivity contribution is -0.163. The normalized spacial score (nSPS) is 12.7. The zero-order valence-corrected chi connectivity index (χ0v) is 42.5. The van der Waals surface area contributed by atoms with Crippen molar-refractivity contribution in [1.82, 2.24) is 0 Å². The third-order valence-corrected chi connectivity index (χ3v) is 11.7. The van der Waals surface area contributed by atoms with Gasteiger partial charge in [-0.3, -0.25) is 9.59 Å². The van der Waals surface area contributed by atoms with Crippen LogP contribution in [0.25, 0.3) is 0 Å². The number of carbonyl (C=O) groups excluding carboxylic acids is 2. The van der Waals surface area contributed by atoms with Crippen molar-refractivity contribution in [2.24, 2.45) is 0 Å². The molecule has 0 N–H and O–H groups in total. The zero-order chi connectivity index (χ0) is 46.3. The molecule has 5 heteroatoms. The molecule has 0 aliphatic heterocycles. The minimum atomic E-state index is -0.554. The molecular weight excluding hydrogens is 789 g/mol. The topological polar surface area (TPSA) is 61.8 Å². The van der Waals surface area contributed by atoms with Gasteiger partial charge < -0.3 is 14.2 Å². The predicted molar refractivity (Wildman–Crippen MR) is 279 cm³/mol. The van der Waals surface area contributed by atoms with Crippen LogP contribution in [0, 0.1) is 0 Å². The lowest BCUT2D eigenvalue weighted by Crippen LogP contribution is -2.30. The molecule has 0 aromatic rings. The fraction of sp³-hybridized carbons (Fsp3) is 0.763. The Morgan fingerprint density at radius 2 is 0.703 bits per heavy atom. The molecule has 0 bridgehead atoms. The summed E-state index contributed by atoms with van der Waals surface area (Å²) in [5.74, 6) is -0.436. The Morgan fingerprint density at radius 3 is 1.16 bits per heavy atom. The van der Waals surface area contributed by atoms with Crippen LogP contribution in [-0.2, 0) is 23.8 Å². The van der Waals surface area contributed by atoms with Crippen LogP contribution in [0.3, 0.4) is 0 Å². The maximum absolute atomic E-state index is 12.8. The highest BCUT2D eigenvalue weighted by molar-refractivity contribution is 5.70. The quantitative estimate of drug-likeness (QED) is 0.0346. The Hall–Kier alpha value is -2.66. The molecule has 0 rings (SSSR count). The Bertz CT molecular complexity index is 1150. The SMILES string of the molecule is CC/C=C\C/C=C\C/C=C\C/C=C\C/C=C\CCCCCC(=O)OCC(COCCCCCCCCCCCCCCCC)OC(=O)CCCCCCC/C=C\CCCCCCCC. The summed E-state index contributed by atoms with van der Waals surface area (Å²) in [5.41, 5.74) is 0. The molecular formula is C59H104O5. The van der Waals surface area contributed by atoms with Crippen LogP contribution < -0.4 is 0 Å². The number of esters is 2. The third kappa shape index (κ3) is 52.0. The van der Waals surface area contributed by atoms with Gasteiger partial charge in [0.2, 0.25) is 0 Å². The molecule has 0 saturated heterocycles. The van der Waals surface area contributed by atoms with Gasteiger partial charge in [0, 0.05) is 19.4 Å². The van der Waals surface area contributed by atoms with E-state index in [1.54, 1.807) is 0 Å². The van der Waals surface area contributed by atoms with Crippen LogP contribution in [0.15, 0.2) is 72.9 Å². The van der Waals surface area contributed by atoms with Crippen molar-refractivity contribution in [1.29, 1.82) is 0 Å².